The van der Waals surface area contributed by atoms with E-state index in [-0.39, 0.29) is 5.92 Å². The number of hydrogen-bond donors (Lipinski definition) is 0. The van der Waals surface area contributed by atoms with Gasteiger partial charge in [-0.2, -0.15) is 0 Å². The van der Waals surface area contributed by atoms with Crippen LogP contribution in [0.1, 0.15) is 110 Å². The molecule has 22 heavy (non-hydrogen) atoms. The second-order valence-corrected chi connectivity index (χ2v) is 7.14. The lowest BCUT2D eigenvalue weighted by molar-refractivity contribution is -0.111. The molecule has 0 aliphatic rings. The van der Waals surface area contributed by atoms with Gasteiger partial charge in [0.25, 0.3) is 0 Å². The predicted octanol–water partition coefficient (Wildman–Crippen LogP) is 7.30. The molecular weight excluding hydrogens is 292 g/mol. The van der Waals surface area contributed by atoms with Crippen LogP contribution in [0, 0.1) is 5.92 Å². The Morgan fingerprint density at radius 2 is 1.09 bits per heavy atom. The van der Waals surface area contributed by atoms with Crippen LogP contribution in [0.15, 0.2) is 0 Å². The van der Waals surface area contributed by atoms with E-state index in [9.17, 15) is 4.79 Å². The number of unbranched alkanes of at least 4 members (excludes halogenated alkanes) is 12. The normalized spacial score (nSPS) is 12.5. The maximum Gasteiger partial charge on any atom is 0.123 e. The van der Waals surface area contributed by atoms with E-state index in [1.54, 1.807) is 0 Å². The van der Waals surface area contributed by atoms with Crippen molar-refractivity contribution in [1.82, 2.24) is 0 Å². The highest BCUT2D eigenvalue weighted by Crippen LogP contribution is 2.16. The molecule has 0 amide bonds. The van der Waals surface area contributed by atoms with Crippen molar-refractivity contribution in [3.05, 3.63) is 0 Å². The van der Waals surface area contributed by atoms with Crippen LogP contribution in [0.3, 0.4) is 0 Å². The molecule has 1 nitrogen and oxygen atoms in total. The van der Waals surface area contributed by atoms with E-state index in [1.807, 2.05) is 0 Å². The Kier molecular flexibility index (Phi) is 19.0. The van der Waals surface area contributed by atoms with Gasteiger partial charge in [-0.15, -0.1) is 11.6 Å². The Morgan fingerprint density at radius 3 is 1.50 bits per heavy atom. The molecule has 0 N–H and O–H groups in total. The van der Waals surface area contributed by atoms with Crippen LogP contribution in [0.25, 0.3) is 0 Å². The highest BCUT2D eigenvalue weighted by atomic mass is 35.5. The minimum absolute atomic E-state index is 0.256. The Balaban J connectivity index is 3.14. The number of carbonyl (C=O) groups excluding carboxylic acids is 1. The Hall–Kier alpha value is -0.0400. The summed E-state index contributed by atoms with van der Waals surface area (Å²) in [4.78, 5) is 10.9. The molecule has 0 aromatic carbocycles. The van der Waals surface area contributed by atoms with Crippen LogP contribution in [-0.2, 0) is 4.79 Å². The molecule has 0 aromatic heterocycles. The van der Waals surface area contributed by atoms with Gasteiger partial charge in [0.1, 0.15) is 6.29 Å². The van der Waals surface area contributed by atoms with Crippen molar-refractivity contribution in [3.63, 3.8) is 0 Å². The van der Waals surface area contributed by atoms with E-state index >= 15 is 0 Å². The maximum atomic E-state index is 10.9. The summed E-state index contributed by atoms with van der Waals surface area (Å²) in [5.41, 5.74) is 0. The van der Waals surface area contributed by atoms with Crippen LogP contribution < -0.4 is 0 Å². The fraction of sp³-hybridized carbons (Fsp3) is 0.950. The van der Waals surface area contributed by atoms with E-state index in [1.165, 1.54) is 83.5 Å². The molecule has 0 saturated heterocycles. The second kappa shape index (κ2) is 19.0. The molecule has 0 heterocycles. The molecular formula is C20H39ClO. The van der Waals surface area contributed by atoms with Crippen LogP contribution >= 0.6 is 11.6 Å². The van der Waals surface area contributed by atoms with Gasteiger partial charge in [-0.25, -0.2) is 0 Å². The standard InChI is InChI=1S/C20H39ClO/c1-2-3-4-5-6-7-8-9-10-11-12-13-14-16-20(19-22)17-15-18-21/h19-20H,2-18H2,1H3. The topological polar surface area (TPSA) is 17.1 Å². The molecule has 0 aliphatic heterocycles. The average Bonchev–Trinajstić information content (AvgIpc) is 2.54. The Bertz CT molecular complexity index is 218. The fourth-order valence-corrected chi connectivity index (χ4v) is 3.20. The van der Waals surface area contributed by atoms with Crippen LogP contribution in [-0.4, -0.2) is 12.2 Å². The summed E-state index contributed by atoms with van der Waals surface area (Å²) in [5, 5.41) is 0. The lowest BCUT2D eigenvalue weighted by atomic mass is 9.97. The lowest BCUT2D eigenvalue weighted by Gasteiger charge is -2.08. The van der Waals surface area contributed by atoms with Gasteiger partial charge in [0, 0.05) is 11.8 Å². The van der Waals surface area contributed by atoms with Gasteiger partial charge >= 0.3 is 0 Å². The van der Waals surface area contributed by atoms with E-state index < -0.39 is 0 Å². The van der Waals surface area contributed by atoms with Gasteiger partial charge in [-0.3, -0.25) is 0 Å². The van der Waals surface area contributed by atoms with Crippen LogP contribution in [0.2, 0.25) is 0 Å². The summed E-state index contributed by atoms with van der Waals surface area (Å²) in [6.45, 7) is 2.28. The fourth-order valence-electron chi connectivity index (χ4n) is 3.04. The molecule has 1 unspecified atom stereocenters. The first kappa shape index (κ1) is 22.0. The van der Waals surface area contributed by atoms with Crippen molar-refractivity contribution >= 4 is 17.9 Å². The molecule has 0 spiro atoms. The Morgan fingerprint density at radius 1 is 0.682 bits per heavy atom. The zero-order valence-electron chi connectivity index (χ0n) is 15.0. The molecule has 0 bridgehead atoms. The molecule has 0 aromatic rings. The monoisotopic (exact) mass is 330 g/mol. The lowest BCUT2D eigenvalue weighted by Crippen LogP contribution is -2.02. The predicted molar refractivity (Wildman–Crippen MR) is 99.8 cm³/mol. The van der Waals surface area contributed by atoms with Gasteiger partial charge in [-0.05, 0) is 19.3 Å². The minimum Gasteiger partial charge on any atom is -0.303 e. The molecule has 132 valence electrons. The van der Waals surface area contributed by atoms with Crippen LogP contribution in [0.4, 0.5) is 0 Å². The summed E-state index contributed by atoms with van der Waals surface area (Å²) in [6, 6.07) is 0. The van der Waals surface area contributed by atoms with Gasteiger partial charge in [0.2, 0.25) is 0 Å². The zero-order chi connectivity index (χ0) is 16.3. The van der Waals surface area contributed by atoms with Crippen molar-refractivity contribution in [3.8, 4) is 0 Å². The van der Waals surface area contributed by atoms with Crippen molar-refractivity contribution in [2.75, 3.05) is 5.88 Å². The quantitative estimate of drug-likeness (QED) is 0.146. The van der Waals surface area contributed by atoms with Gasteiger partial charge < -0.3 is 4.79 Å². The highest BCUT2D eigenvalue weighted by Gasteiger charge is 2.06. The molecule has 0 radical (unpaired) electrons. The number of carbonyl (C=O) groups is 1. The number of alkyl halides is 1. The molecule has 0 rings (SSSR count). The summed E-state index contributed by atoms with van der Waals surface area (Å²) in [7, 11) is 0. The zero-order valence-corrected chi connectivity index (χ0v) is 15.7. The number of rotatable bonds is 18. The summed E-state index contributed by atoms with van der Waals surface area (Å²) in [6.07, 6.45) is 22.1. The summed E-state index contributed by atoms with van der Waals surface area (Å²) >= 11 is 5.67. The largest absolute Gasteiger partial charge is 0.303 e. The van der Waals surface area contributed by atoms with Gasteiger partial charge in [-0.1, -0.05) is 90.4 Å². The smallest absolute Gasteiger partial charge is 0.123 e. The van der Waals surface area contributed by atoms with Gasteiger partial charge in [0.15, 0.2) is 0 Å². The molecule has 2 heteroatoms. The average molecular weight is 331 g/mol. The van der Waals surface area contributed by atoms with Crippen molar-refractivity contribution in [2.45, 2.75) is 110 Å². The summed E-state index contributed by atoms with van der Waals surface area (Å²) < 4.78 is 0. The first-order chi connectivity index (χ1) is 10.8. The van der Waals surface area contributed by atoms with E-state index in [0.29, 0.717) is 5.88 Å². The third kappa shape index (κ3) is 16.3. The first-order valence-electron chi connectivity index (χ1n) is 9.86. The third-order valence-electron chi connectivity index (χ3n) is 4.58. The van der Waals surface area contributed by atoms with Crippen molar-refractivity contribution < 1.29 is 4.79 Å². The number of halogens is 1. The highest BCUT2D eigenvalue weighted by molar-refractivity contribution is 6.17. The SMILES string of the molecule is CCCCCCCCCCCCCCCC(C=O)CCCCl. The molecule has 1 atom stereocenters. The molecule has 0 aliphatic carbocycles. The van der Waals surface area contributed by atoms with Gasteiger partial charge in [0.05, 0.1) is 0 Å². The van der Waals surface area contributed by atoms with Crippen molar-refractivity contribution in [1.29, 1.82) is 0 Å². The summed E-state index contributed by atoms with van der Waals surface area (Å²) in [5.74, 6) is 0.939. The van der Waals surface area contributed by atoms with E-state index in [4.69, 9.17) is 11.6 Å². The Labute approximate surface area is 144 Å². The van der Waals surface area contributed by atoms with Crippen molar-refractivity contribution in [2.24, 2.45) is 5.92 Å². The van der Waals surface area contributed by atoms with E-state index in [0.717, 1.165) is 25.5 Å². The number of aldehydes is 1. The van der Waals surface area contributed by atoms with Crippen LogP contribution in [0.5, 0.6) is 0 Å². The second-order valence-electron chi connectivity index (χ2n) is 6.76. The first-order valence-corrected chi connectivity index (χ1v) is 10.4. The third-order valence-corrected chi connectivity index (χ3v) is 4.85. The van der Waals surface area contributed by atoms with E-state index in [2.05, 4.69) is 6.92 Å². The number of hydrogen-bond acceptors (Lipinski definition) is 1. The molecule has 0 fully saturated rings. The molecule has 0 saturated carbocycles. The minimum atomic E-state index is 0.256. The maximum absolute atomic E-state index is 10.9.